The Bertz CT molecular complexity index is 422. The zero-order valence-corrected chi connectivity index (χ0v) is 12.4. The van der Waals surface area contributed by atoms with Crippen molar-refractivity contribution in [3.8, 4) is 0 Å². The number of H-pyrrole nitrogens is 1. The lowest BCUT2D eigenvalue weighted by Gasteiger charge is -2.23. The molecule has 7 heteroatoms. The number of nitrogens with one attached hydrogen (secondary N) is 1. The monoisotopic (exact) mass is 281 g/mol. The van der Waals surface area contributed by atoms with Crippen molar-refractivity contribution >= 4 is 5.91 Å². The van der Waals surface area contributed by atoms with Gasteiger partial charge in [-0.2, -0.15) is 5.10 Å². The summed E-state index contributed by atoms with van der Waals surface area (Å²) >= 11 is 0. The van der Waals surface area contributed by atoms with Crippen molar-refractivity contribution < 1.29 is 9.53 Å². The largest absolute Gasteiger partial charge is 0.380 e. The summed E-state index contributed by atoms with van der Waals surface area (Å²) in [6, 6.07) is 0.155. The predicted molar refractivity (Wildman–Crippen MR) is 74.0 cm³/mol. The fourth-order valence-electron chi connectivity index (χ4n) is 2.55. The van der Waals surface area contributed by atoms with Crippen molar-refractivity contribution in [2.75, 3.05) is 33.8 Å². The first kappa shape index (κ1) is 14.9. The molecule has 2 rings (SSSR count). The van der Waals surface area contributed by atoms with Crippen LogP contribution in [-0.4, -0.2) is 70.8 Å². The summed E-state index contributed by atoms with van der Waals surface area (Å²) in [4.78, 5) is 20.1. The van der Waals surface area contributed by atoms with Crippen molar-refractivity contribution in [1.82, 2.24) is 25.0 Å². The van der Waals surface area contributed by atoms with E-state index in [-0.39, 0.29) is 18.1 Å². The predicted octanol–water partition coefficient (Wildman–Crippen LogP) is 0.435. The van der Waals surface area contributed by atoms with Gasteiger partial charge in [0.05, 0.1) is 12.1 Å². The minimum Gasteiger partial charge on any atom is -0.380 e. The number of aromatic amines is 1. The number of aromatic nitrogens is 3. The number of rotatable bonds is 6. The normalized spacial score (nSPS) is 23.1. The highest BCUT2D eigenvalue weighted by Crippen LogP contribution is 2.31. The Hall–Kier alpha value is -1.47. The van der Waals surface area contributed by atoms with E-state index in [2.05, 4.69) is 20.1 Å². The number of carbonyl (C=O) groups is 1. The third-order valence-corrected chi connectivity index (χ3v) is 3.96. The topological polar surface area (TPSA) is 74.3 Å². The fraction of sp³-hybridized carbons (Fsp3) is 0.769. The van der Waals surface area contributed by atoms with Crippen LogP contribution in [0.5, 0.6) is 0 Å². The van der Waals surface area contributed by atoms with Gasteiger partial charge in [0.15, 0.2) is 0 Å². The molecule has 0 unspecified atom stereocenters. The van der Waals surface area contributed by atoms with E-state index in [9.17, 15) is 4.79 Å². The maximum absolute atomic E-state index is 11.9. The molecule has 0 radical (unpaired) electrons. The molecule has 1 amide bonds. The van der Waals surface area contributed by atoms with Crippen LogP contribution in [0.2, 0.25) is 0 Å². The Kier molecular flexibility index (Phi) is 5.08. The summed E-state index contributed by atoms with van der Waals surface area (Å²) in [6.07, 6.45) is 3.10. The summed E-state index contributed by atoms with van der Waals surface area (Å²) < 4.78 is 5.45. The van der Waals surface area contributed by atoms with Crippen LogP contribution in [0.3, 0.4) is 0 Å². The molecule has 0 aliphatic carbocycles. The molecule has 7 nitrogen and oxygen atoms in total. The minimum absolute atomic E-state index is 0.155. The summed E-state index contributed by atoms with van der Waals surface area (Å²) in [5.41, 5.74) is 0. The molecule has 1 aliphatic rings. The molecule has 1 fully saturated rings. The van der Waals surface area contributed by atoms with Gasteiger partial charge in [0.25, 0.3) is 0 Å². The Morgan fingerprint density at radius 2 is 2.45 bits per heavy atom. The first-order valence-corrected chi connectivity index (χ1v) is 7.01. The Balaban J connectivity index is 1.95. The van der Waals surface area contributed by atoms with Gasteiger partial charge in [-0.15, -0.1) is 0 Å². The van der Waals surface area contributed by atoms with Crippen LogP contribution in [-0.2, 0) is 9.53 Å². The van der Waals surface area contributed by atoms with Crippen LogP contribution in [0, 0.1) is 0 Å². The van der Waals surface area contributed by atoms with Crippen molar-refractivity contribution in [3.63, 3.8) is 0 Å². The Morgan fingerprint density at radius 1 is 1.65 bits per heavy atom. The quantitative estimate of drug-likeness (QED) is 0.818. The number of hydrogen-bond donors (Lipinski definition) is 1. The van der Waals surface area contributed by atoms with Crippen LogP contribution in [0.4, 0.5) is 0 Å². The SMILES string of the molecule is CCN(C)C(=O)CCN1C[C@H](OC)C[C@H]1c1ncn[nH]1. The number of likely N-dealkylation sites (tertiary alicyclic amines) is 1. The maximum atomic E-state index is 11.9. The van der Waals surface area contributed by atoms with E-state index >= 15 is 0 Å². The van der Waals surface area contributed by atoms with Gasteiger partial charge in [0.2, 0.25) is 5.91 Å². The van der Waals surface area contributed by atoms with Crippen molar-refractivity contribution in [2.24, 2.45) is 0 Å². The molecule has 2 heterocycles. The van der Waals surface area contributed by atoms with E-state index < -0.39 is 0 Å². The molecule has 0 bridgehead atoms. The molecule has 2 atom stereocenters. The van der Waals surface area contributed by atoms with Crippen LogP contribution in [0.15, 0.2) is 6.33 Å². The number of hydrogen-bond acceptors (Lipinski definition) is 5. The average molecular weight is 281 g/mol. The fourth-order valence-corrected chi connectivity index (χ4v) is 2.55. The number of amides is 1. The molecule has 20 heavy (non-hydrogen) atoms. The second-order valence-electron chi connectivity index (χ2n) is 5.13. The molecule has 0 spiro atoms. The van der Waals surface area contributed by atoms with E-state index in [0.29, 0.717) is 13.0 Å². The molecule has 0 saturated carbocycles. The highest BCUT2D eigenvalue weighted by Gasteiger charge is 2.34. The number of ether oxygens (including phenoxy) is 1. The molecule has 1 aromatic heterocycles. The smallest absolute Gasteiger partial charge is 0.223 e. The first-order chi connectivity index (χ1) is 9.65. The lowest BCUT2D eigenvalue weighted by molar-refractivity contribution is -0.130. The molecule has 1 saturated heterocycles. The molecule has 112 valence electrons. The van der Waals surface area contributed by atoms with E-state index in [4.69, 9.17) is 4.74 Å². The van der Waals surface area contributed by atoms with E-state index in [1.165, 1.54) is 6.33 Å². The molecule has 1 N–H and O–H groups in total. The third kappa shape index (κ3) is 3.34. The van der Waals surface area contributed by atoms with E-state index in [1.807, 2.05) is 14.0 Å². The van der Waals surface area contributed by atoms with Crippen molar-refractivity contribution in [1.29, 1.82) is 0 Å². The molecule has 0 aromatic carbocycles. The van der Waals surface area contributed by atoms with Gasteiger partial charge in [0.1, 0.15) is 12.2 Å². The zero-order chi connectivity index (χ0) is 14.5. The maximum Gasteiger partial charge on any atom is 0.223 e. The van der Waals surface area contributed by atoms with E-state index in [0.717, 1.165) is 25.3 Å². The molecule has 1 aliphatic heterocycles. The molecular weight excluding hydrogens is 258 g/mol. The second kappa shape index (κ2) is 6.81. The lowest BCUT2D eigenvalue weighted by atomic mass is 10.2. The van der Waals surface area contributed by atoms with E-state index in [1.54, 1.807) is 12.0 Å². The average Bonchev–Trinajstić information content (AvgIpc) is 3.12. The van der Waals surface area contributed by atoms with Gasteiger partial charge in [-0.05, 0) is 13.3 Å². The Morgan fingerprint density at radius 3 is 3.05 bits per heavy atom. The number of nitrogens with zero attached hydrogens (tertiary/aromatic N) is 4. The summed E-state index contributed by atoms with van der Waals surface area (Å²) in [6.45, 7) is 4.26. The molecule has 1 aromatic rings. The minimum atomic E-state index is 0.155. The summed E-state index contributed by atoms with van der Waals surface area (Å²) in [5, 5.41) is 6.83. The summed E-state index contributed by atoms with van der Waals surface area (Å²) in [7, 11) is 3.56. The van der Waals surface area contributed by atoms with Crippen molar-refractivity contribution in [2.45, 2.75) is 31.9 Å². The molecular formula is C13H23N5O2. The zero-order valence-electron chi connectivity index (χ0n) is 12.4. The van der Waals surface area contributed by atoms with Gasteiger partial charge in [0, 0.05) is 40.2 Å². The third-order valence-electron chi connectivity index (χ3n) is 3.96. The van der Waals surface area contributed by atoms with Crippen molar-refractivity contribution in [3.05, 3.63) is 12.2 Å². The van der Waals surface area contributed by atoms with Gasteiger partial charge < -0.3 is 9.64 Å². The van der Waals surface area contributed by atoms with Gasteiger partial charge in [-0.1, -0.05) is 0 Å². The standard InChI is InChI=1S/C13H23N5O2/c1-4-17(2)12(19)5-6-18-8-10(20-3)7-11(18)13-14-9-15-16-13/h9-11H,4-8H2,1-3H3,(H,14,15,16)/t10-,11+/m1/s1. The first-order valence-electron chi connectivity index (χ1n) is 7.01. The van der Waals surface area contributed by atoms with Gasteiger partial charge in [-0.3, -0.25) is 14.8 Å². The second-order valence-corrected chi connectivity index (χ2v) is 5.13. The van der Waals surface area contributed by atoms with Gasteiger partial charge >= 0.3 is 0 Å². The van der Waals surface area contributed by atoms with Crippen LogP contribution >= 0.6 is 0 Å². The Labute approximate surface area is 119 Å². The van der Waals surface area contributed by atoms with Crippen LogP contribution in [0.25, 0.3) is 0 Å². The highest BCUT2D eigenvalue weighted by atomic mass is 16.5. The van der Waals surface area contributed by atoms with Gasteiger partial charge in [-0.25, -0.2) is 4.98 Å². The highest BCUT2D eigenvalue weighted by molar-refractivity contribution is 5.75. The number of methoxy groups -OCH3 is 1. The van der Waals surface area contributed by atoms with Crippen LogP contribution in [0.1, 0.15) is 31.6 Å². The lowest BCUT2D eigenvalue weighted by Crippen LogP contribution is -2.33. The van der Waals surface area contributed by atoms with Crippen LogP contribution < -0.4 is 0 Å². The summed E-state index contributed by atoms with van der Waals surface area (Å²) in [5.74, 6) is 1.02. The number of carbonyl (C=O) groups excluding carboxylic acids is 1.